The van der Waals surface area contributed by atoms with Gasteiger partial charge in [0.25, 0.3) is 0 Å². The van der Waals surface area contributed by atoms with E-state index < -0.39 is 30.0 Å². The summed E-state index contributed by atoms with van der Waals surface area (Å²) in [5.41, 5.74) is -0.616. The fourth-order valence-corrected chi connectivity index (χ4v) is 2.93. The van der Waals surface area contributed by atoms with Gasteiger partial charge in [-0.25, -0.2) is 9.59 Å². The van der Waals surface area contributed by atoms with Gasteiger partial charge < -0.3 is 24.3 Å². The van der Waals surface area contributed by atoms with Gasteiger partial charge in [-0.1, -0.05) is 25.1 Å². The topological polar surface area (TPSA) is 83.1 Å². The minimum atomic E-state index is -4.70. The number of benzene rings is 1. The molecule has 2 rings (SSSR count). The Morgan fingerprint density at radius 1 is 1.03 bits per heavy atom. The van der Waals surface area contributed by atoms with Crippen LogP contribution in [0.4, 0.5) is 22.8 Å². The normalized spacial score (nSPS) is 16.9. The fraction of sp³-hybridized carbons (Fsp3) is 0.368. The van der Waals surface area contributed by atoms with Crippen LogP contribution in [0.25, 0.3) is 0 Å². The van der Waals surface area contributed by atoms with E-state index in [2.05, 4.69) is 14.8 Å². The summed E-state index contributed by atoms with van der Waals surface area (Å²) in [6, 6.07) is 4.75. The average Bonchev–Trinajstić information content (AvgIpc) is 2.69. The van der Waals surface area contributed by atoms with Crippen molar-refractivity contribution in [2.24, 2.45) is 0 Å². The van der Waals surface area contributed by atoms with E-state index in [1.807, 2.05) is 0 Å². The molecule has 1 N–H and O–H groups in total. The van der Waals surface area contributed by atoms with Crippen LogP contribution in [0, 0.1) is 0 Å². The first-order chi connectivity index (χ1) is 13.6. The second-order valence-electron chi connectivity index (χ2n) is 5.94. The van der Waals surface area contributed by atoms with Crippen molar-refractivity contribution in [2.45, 2.75) is 32.4 Å². The molecule has 0 bridgehead atoms. The van der Waals surface area contributed by atoms with Gasteiger partial charge in [-0.15, -0.1) is 0 Å². The Kier molecular flexibility index (Phi) is 6.78. The van der Waals surface area contributed by atoms with Crippen molar-refractivity contribution in [3.05, 3.63) is 58.3 Å². The lowest BCUT2D eigenvalue weighted by Gasteiger charge is -2.32. The zero-order chi connectivity index (χ0) is 21.8. The molecule has 29 heavy (non-hydrogen) atoms. The maximum atomic E-state index is 13.7. The molecule has 1 aliphatic rings. The van der Waals surface area contributed by atoms with Crippen LogP contribution >= 0.6 is 0 Å². The molecule has 7 nitrogen and oxygen atoms in total. The first-order valence-electron chi connectivity index (χ1n) is 8.52. The average molecular weight is 415 g/mol. The molecule has 10 heteroatoms. The number of dihydropyridines is 1. The maximum absolute atomic E-state index is 13.7. The highest BCUT2D eigenvalue weighted by Gasteiger charge is 2.42. The molecule has 1 atom stereocenters. The lowest BCUT2D eigenvalue weighted by atomic mass is 9.86. The van der Waals surface area contributed by atoms with E-state index in [4.69, 9.17) is 9.47 Å². The number of hydrogen-bond acceptors (Lipinski definition) is 7. The van der Waals surface area contributed by atoms with E-state index in [1.165, 1.54) is 25.1 Å². The summed E-state index contributed by atoms with van der Waals surface area (Å²) in [5, 5.41) is 2.90. The van der Waals surface area contributed by atoms with Gasteiger partial charge >= 0.3 is 18.5 Å². The number of halogens is 3. The summed E-state index contributed by atoms with van der Waals surface area (Å²) in [7, 11) is 2.13. The molecule has 1 unspecified atom stereocenters. The molecular weight excluding hydrogens is 395 g/mol. The van der Waals surface area contributed by atoms with Crippen LogP contribution in [-0.2, 0) is 25.1 Å². The minimum absolute atomic E-state index is 0.166. The number of ether oxygens (including phenoxy) is 4. The molecule has 1 aliphatic heterocycles. The SMILES string of the molecule is CCC1=C(OC(=O)OC)C(c2ccccc2C(F)(F)F)C(OC(=O)OC)=C(C)N1. The molecule has 1 aromatic carbocycles. The van der Waals surface area contributed by atoms with Crippen molar-refractivity contribution >= 4 is 12.3 Å². The van der Waals surface area contributed by atoms with E-state index >= 15 is 0 Å². The van der Waals surface area contributed by atoms with Crippen LogP contribution in [0.5, 0.6) is 0 Å². The molecule has 158 valence electrons. The van der Waals surface area contributed by atoms with Gasteiger partial charge in [0.05, 0.1) is 31.2 Å². The van der Waals surface area contributed by atoms with Crippen molar-refractivity contribution in [2.75, 3.05) is 14.2 Å². The van der Waals surface area contributed by atoms with E-state index in [0.717, 1.165) is 20.3 Å². The Morgan fingerprint density at radius 2 is 1.59 bits per heavy atom. The summed E-state index contributed by atoms with van der Waals surface area (Å²) >= 11 is 0. The molecule has 0 amide bonds. The predicted molar refractivity (Wildman–Crippen MR) is 94.3 cm³/mol. The van der Waals surface area contributed by atoms with Crippen LogP contribution in [-0.4, -0.2) is 26.5 Å². The third kappa shape index (κ3) is 4.82. The Bertz CT molecular complexity index is 860. The summed E-state index contributed by atoms with van der Waals surface area (Å²) in [6.07, 6.45) is -6.67. The molecule has 1 aromatic rings. The molecule has 0 aromatic heterocycles. The number of methoxy groups -OCH3 is 2. The number of carbonyl (C=O) groups is 2. The van der Waals surface area contributed by atoms with Crippen molar-refractivity contribution in [3.63, 3.8) is 0 Å². The molecule has 0 radical (unpaired) electrons. The van der Waals surface area contributed by atoms with Crippen LogP contribution in [0.2, 0.25) is 0 Å². The number of carbonyl (C=O) groups excluding carboxylic acids is 2. The van der Waals surface area contributed by atoms with Crippen LogP contribution in [0.1, 0.15) is 37.3 Å². The van der Waals surface area contributed by atoms with Crippen LogP contribution < -0.4 is 5.32 Å². The lowest BCUT2D eigenvalue weighted by Crippen LogP contribution is -2.31. The van der Waals surface area contributed by atoms with Crippen molar-refractivity contribution in [3.8, 4) is 0 Å². The second-order valence-corrected chi connectivity index (χ2v) is 5.94. The van der Waals surface area contributed by atoms with Gasteiger partial charge in [-0.2, -0.15) is 13.2 Å². The first-order valence-corrected chi connectivity index (χ1v) is 8.52. The quantitative estimate of drug-likeness (QED) is 0.707. The molecule has 0 saturated carbocycles. The number of hydrogen-bond donors (Lipinski definition) is 1. The lowest BCUT2D eigenvalue weighted by molar-refractivity contribution is -0.138. The third-order valence-electron chi connectivity index (χ3n) is 4.18. The van der Waals surface area contributed by atoms with Gasteiger partial charge in [-0.3, -0.25) is 0 Å². The third-order valence-corrected chi connectivity index (χ3v) is 4.18. The highest BCUT2D eigenvalue weighted by atomic mass is 19.4. The molecule has 0 fully saturated rings. The molecule has 0 spiro atoms. The zero-order valence-corrected chi connectivity index (χ0v) is 16.2. The predicted octanol–water partition coefficient (Wildman–Crippen LogP) is 4.81. The zero-order valence-electron chi connectivity index (χ0n) is 16.2. The summed E-state index contributed by atoms with van der Waals surface area (Å²) in [4.78, 5) is 23.5. The maximum Gasteiger partial charge on any atom is 0.513 e. The van der Waals surface area contributed by atoms with E-state index in [0.29, 0.717) is 12.1 Å². The first kappa shape index (κ1) is 22.1. The van der Waals surface area contributed by atoms with Gasteiger partial charge in [0.15, 0.2) is 0 Å². The summed E-state index contributed by atoms with van der Waals surface area (Å²) < 4.78 is 60.4. The van der Waals surface area contributed by atoms with Gasteiger partial charge in [0, 0.05) is 0 Å². The molecule has 0 aliphatic carbocycles. The largest absolute Gasteiger partial charge is 0.513 e. The Hall–Kier alpha value is -3.17. The molecular formula is C19H20F3NO6. The summed E-state index contributed by atoms with van der Waals surface area (Å²) in [6.45, 7) is 3.24. The van der Waals surface area contributed by atoms with E-state index in [1.54, 1.807) is 6.92 Å². The number of allylic oxidation sites excluding steroid dienone is 2. The molecule has 0 saturated heterocycles. The van der Waals surface area contributed by atoms with Crippen molar-refractivity contribution in [1.82, 2.24) is 5.32 Å². The highest BCUT2D eigenvalue weighted by molar-refractivity contribution is 5.65. The van der Waals surface area contributed by atoms with Crippen molar-refractivity contribution in [1.29, 1.82) is 0 Å². The number of rotatable bonds is 4. The molecule has 1 heterocycles. The van der Waals surface area contributed by atoms with Crippen LogP contribution in [0.3, 0.4) is 0 Å². The van der Waals surface area contributed by atoms with Crippen molar-refractivity contribution < 1.29 is 41.7 Å². The minimum Gasteiger partial charge on any atom is -0.437 e. The smallest absolute Gasteiger partial charge is 0.437 e. The van der Waals surface area contributed by atoms with E-state index in [9.17, 15) is 22.8 Å². The van der Waals surface area contributed by atoms with E-state index in [-0.39, 0.29) is 22.8 Å². The highest BCUT2D eigenvalue weighted by Crippen LogP contribution is 2.44. The second kappa shape index (κ2) is 8.89. The fourth-order valence-electron chi connectivity index (χ4n) is 2.93. The standard InChI is InChI=1S/C19H20F3NO6/c1-5-13-16(29-18(25)27-4)14(15(10(2)23-13)28-17(24)26-3)11-8-6-7-9-12(11)19(20,21)22/h6-9,14,23H,5H2,1-4H3. The summed E-state index contributed by atoms with van der Waals surface area (Å²) in [5.74, 6) is -1.70. The van der Waals surface area contributed by atoms with Gasteiger partial charge in [0.1, 0.15) is 17.4 Å². The Balaban J connectivity index is 2.75. The Labute approximate surface area is 165 Å². The van der Waals surface area contributed by atoms with Gasteiger partial charge in [-0.05, 0) is 25.0 Å². The number of nitrogens with one attached hydrogen (secondary N) is 1. The monoisotopic (exact) mass is 415 g/mol. The Morgan fingerprint density at radius 3 is 2.10 bits per heavy atom. The number of alkyl halides is 3. The van der Waals surface area contributed by atoms with Crippen LogP contribution in [0.15, 0.2) is 47.2 Å². The van der Waals surface area contributed by atoms with Gasteiger partial charge in [0.2, 0.25) is 0 Å².